The Bertz CT molecular complexity index is 867. The Morgan fingerprint density at radius 1 is 1.37 bits per heavy atom. The maximum Gasteiger partial charge on any atom is 0.321 e. The van der Waals surface area contributed by atoms with Crippen LogP contribution in [-0.4, -0.2) is 30.0 Å². The second kappa shape index (κ2) is 8.92. The van der Waals surface area contributed by atoms with Crippen LogP contribution in [0.25, 0.3) is 0 Å². The molecule has 1 heterocycles. The highest BCUT2D eigenvalue weighted by atomic mass is 79.9. The van der Waals surface area contributed by atoms with E-state index in [1.54, 1.807) is 31.0 Å². The molecule has 0 spiro atoms. The van der Waals surface area contributed by atoms with Gasteiger partial charge in [0, 0.05) is 21.4 Å². The first-order valence-corrected chi connectivity index (χ1v) is 10.5. The van der Waals surface area contributed by atoms with Crippen LogP contribution >= 0.6 is 50.9 Å². The molecule has 0 aliphatic carbocycles. The average molecular weight is 493 g/mol. The van der Waals surface area contributed by atoms with Crippen molar-refractivity contribution < 1.29 is 19.4 Å². The number of carboxylic acid groups (broad SMARTS) is 1. The van der Waals surface area contributed by atoms with Crippen molar-refractivity contribution >= 4 is 56.9 Å². The molecule has 144 valence electrons. The molecule has 9 heteroatoms. The summed E-state index contributed by atoms with van der Waals surface area (Å²) < 4.78 is 12.1. The van der Waals surface area contributed by atoms with Crippen molar-refractivity contribution in [2.75, 3.05) is 12.9 Å². The summed E-state index contributed by atoms with van der Waals surface area (Å²) in [6.07, 6.45) is 0. The lowest BCUT2D eigenvalue weighted by atomic mass is 10.2. The van der Waals surface area contributed by atoms with E-state index in [0.29, 0.717) is 31.8 Å². The predicted molar refractivity (Wildman–Crippen MR) is 111 cm³/mol. The van der Waals surface area contributed by atoms with Crippen molar-refractivity contribution in [3.63, 3.8) is 0 Å². The molecular formula is C18H16BrCl2NO4S. The summed E-state index contributed by atoms with van der Waals surface area (Å²) in [4.78, 5) is 11.1. The van der Waals surface area contributed by atoms with Gasteiger partial charge in [-0.15, -0.1) is 11.8 Å². The predicted octanol–water partition coefficient (Wildman–Crippen LogP) is 5.13. The Morgan fingerprint density at radius 3 is 2.78 bits per heavy atom. The molecule has 0 aromatic heterocycles. The van der Waals surface area contributed by atoms with Gasteiger partial charge in [0.1, 0.15) is 12.6 Å². The molecule has 1 aliphatic heterocycles. The van der Waals surface area contributed by atoms with E-state index in [-0.39, 0.29) is 12.0 Å². The summed E-state index contributed by atoms with van der Waals surface area (Å²) in [6, 6.07) is 8.41. The monoisotopic (exact) mass is 491 g/mol. The van der Waals surface area contributed by atoms with Crippen LogP contribution in [0.1, 0.15) is 16.5 Å². The Balaban J connectivity index is 1.79. The summed E-state index contributed by atoms with van der Waals surface area (Å²) in [5.74, 6) is 0.749. The van der Waals surface area contributed by atoms with E-state index in [1.165, 1.54) is 0 Å². The van der Waals surface area contributed by atoms with Crippen LogP contribution in [0.15, 0.2) is 34.8 Å². The number of ether oxygens (including phenoxy) is 2. The molecule has 3 rings (SSSR count). The van der Waals surface area contributed by atoms with Gasteiger partial charge in [-0.1, -0.05) is 29.3 Å². The Hall–Kier alpha value is -1.12. The second-order valence-electron chi connectivity index (χ2n) is 5.83. The third-order valence-corrected chi connectivity index (χ3v) is 6.47. The quantitative estimate of drug-likeness (QED) is 0.582. The summed E-state index contributed by atoms with van der Waals surface area (Å²) in [5, 5.41) is 13.2. The molecule has 2 atom stereocenters. The fourth-order valence-electron chi connectivity index (χ4n) is 2.63. The molecule has 2 N–H and O–H groups in total. The number of benzene rings is 2. The maximum absolute atomic E-state index is 11.1. The SMILES string of the molecule is COc1cc(C2NC(C(=O)O)CS2)cc(Br)c1OCc1ccc(Cl)cc1Cl. The topological polar surface area (TPSA) is 67.8 Å². The molecule has 0 amide bonds. The normalized spacial score (nSPS) is 19.1. The van der Waals surface area contributed by atoms with Crippen LogP contribution in [-0.2, 0) is 11.4 Å². The molecule has 5 nitrogen and oxygen atoms in total. The first-order chi connectivity index (χ1) is 12.9. The van der Waals surface area contributed by atoms with Gasteiger partial charge in [-0.3, -0.25) is 10.1 Å². The molecule has 27 heavy (non-hydrogen) atoms. The smallest absolute Gasteiger partial charge is 0.321 e. The molecule has 1 aliphatic rings. The number of thioether (sulfide) groups is 1. The summed E-state index contributed by atoms with van der Waals surface area (Å²) in [6.45, 7) is 0.252. The number of halogens is 3. The Morgan fingerprint density at radius 2 is 2.15 bits per heavy atom. The fourth-order valence-corrected chi connectivity index (χ4v) is 4.88. The van der Waals surface area contributed by atoms with Crippen LogP contribution in [0.5, 0.6) is 11.5 Å². The lowest BCUT2D eigenvalue weighted by molar-refractivity contribution is -0.138. The molecule has 2 aromatic rings. The van der Waals surface area contributed by atoms with Crippen molar-refractivity contribution in [2.45, 2.75) is 18.0 Å². The van der Waals surface area contributed by atoms with Gasteiger partial charge in [-0.2, -0.15) is 0 Å². The van der Waals surface area contributed by atoms with Crippen molar-refractivity contribution in [3.8, 4) is 11.5 Å². The van der Waals surface area contributed by atoms with Crippen LogP contribution < -0.4 is 14.8 Å². The van der Waals surface area contributed by atoms with Crippen LogP contribution in [0.4, 0.5) is 0 Å². The fraction of sp³-hybridized carbons (Fsp3) is 0.278. The second-order valence-corrected chi connectivity index (χ2v) is 8.67. The number of carboxylic acids is 1. The third-order valence-electron chi connectivity index (χ3n) is 4.02. The van der Waals surface area contributed by atoms with E-state index in [1.807, 2.05) is 18.2 Å². The zero-order chi connectivity index (χ0) is 19.6. The first kappa shape index (κ1) is 20.6. The number of hydrogen-bond donors (Lipinski definition) is 2. The minimum Gasteiger partial charge on any atom is -0.493 e. The Labute approximate surface area is 179 Å². The highest BCUT2D eigenvalue weighted by Gasteiger charge is 2.31. The molecule has 2 aromatic carbocycles. The summed E-state index contributed by atoms with van der Waals surface area (Å²) in [5.41, 5.74) is 1.71. The molecule has 1 saturated heterocycles. The van der Waals surface area contributed by atoms with Gasteiger partial charge in [-0.25, -0.2) is 0 Å². The lowest BCUT2D eigenvalue weighted by Gasteiger charge is -2.17. The van der Waals surface area contributed by atoms with Gasteiger partial charge in [0.25, 0.3) is 0 Å². The molecule has 2 unspecified atom stereocenters. The standard InChI is InChI=1S/C18H16BrCl2NO4S/c1-25-15-5-10(17-22-14(8-27-17)18(23)24)4-12(19)16(15)26-7-9-2-3-11(20)6-13(9)21/h2-6,14,17,22H,7-8H2,1H3,(H,23,24). The van der Waals surface area contributed by atoms with Crippen molar-refractivity contribution in [1.82, 2.24) is 5.32 Å². The maximum atomic E-state index is 11.1. The van der Waals surface area contributed by atoms with Crippen molar-refractivity contribution in [3.05, 3.63) is 56.0 Å². The van der Waals surface area contributed by atoms with E-state index in [9.17, 15) is 4.79 Å². The van der Waals surface area contributed by atoms with E-state index in [2.05, 4.69) is 21.2 Å². The minimum atomic E-state index is -0.851. The van der Waals surface area contributed by atoms with Gasteiger partial charge in [-0.05, 0) is 45.8 Å². The Kier molecular flexibility index (Phi) is 6.81. The highest BCUT2D eigenvalue weighted by molar-refractivity contribution is 9.10. The number of nitrogens with one attached hydrogen (secondary N) is 1. The largest absolute Gasteiger partial charge is 0.493 e. The number of hydrogen-bond acceptors (Lipinski definition) is 5. The molecule has 0 bridgehead atoms. The number of aliphatic carboxylic acids is 1. The molecule has 0 saturated carbocycles. The van der Waals surface area contributed by atoms with E-state index < -0.39 is 12.0 Å². The van der Waals surface area contributed by atoms with Gasteiger partial charge in [0.15, 0.2) is 11.5 Å². The van der Waals surface area contributed by atoms with E-state index in [4.69, 9.17) is 37.8 Å². The molecular weight excluding hydrogens is 477 g/mol. The van der Waals surface area contributed by atoms with Gasteiger partial charge in [0.2, 0.25) is 0 Å². The number of methoxy groups -OCH3 is 1. The zero-order valence-electron chi connectivity index (χ0n) is 14.2. The molecule has 0 radical (unpaired) electrons. The van der Waals surface area contributed by atoms with Gasteiger partial charge in [0.05, 0.1) is 17.0 Å². The summed E-state index contributed by atoms with van der Waals surface area (Å²) >= 11 is 17.2. The van der Waals surface area contributed by atoms with E-state index in [0.717, 1.165) is 11.1 Å². The van der Waals surface area contributed by atoms with Gasteiger partial charge >= 0.3 is 5.97 Å². The first-order valence-electron chi connectivity index (χ1n) is 7.93. The average Bonchev–Trinajstić information content (AvgIpc) is 3.12. The van der Waals surface area contributed by atoms with Crippen LogP contribution in [0, 0.1) is 0 Å². The van der Waals surface area contributed by atoms with Crippen LogP contribution in [0.3, 0.4) is 0 Å². The zero-order valence-corrected chi connectivity index (χ0v) is 18.1. The lowest BCUT2D eigenvalue weighted by Crippen LogP contribution is -2.33. The van der Waals surface area contributed by atoms with Crippen molar-refractivity contribution in [1.29, 1.82) is 0 Å². The number of carbonyl (C=O) groups is 1. The highest BCUT2D eigenvalue weighted by Crippen LogP contribution is 2.42. The minimum absolute atomic E-state index is 0.129. The van der Waals surface area contributed by atoms with Gasteiger partial charge < -0.3 is 14.6 Å². The van der Waals surface area contributed by atoms with Crippen LogP contribution in [0.2, 0.25) is 10.0 Å². The summed E-state index contributed by atoms with van der Waals surface area (Å²) in [7, 11) is 1.56. The van der Waals surface area contributed by atoms with Crippen molar-refractivity contribution in [2.24, 2.45) is 0 Å². The third kappa shape index (κ3) is 4.84. The molecule has 1 fully saturated rings. The number of rotatable bonds is 6. The van der Waals surface area contributed by atoms with E-state index >= 15 is 0 Å².